The molecule has 1 aliphatic heterocycles. The van der Waals surface area contributed by atoms with Crippen molar-refractivity contribution in [2.75, 3.05) is 26.3 Å². The lowest BCUT2D eigenvalue weighted by atomic mass is 10.1. The zero-order chi connectivity index (χ0) is 13.7. The monoisotopic (exact) mass is 274 g/mol. The van der Waals surface area contributed by atoms with E-state index in [1.54, 1.807) is 4.90 Å². The molecule has 6 heteroatoms. The van der Waals surface area contributed by atoms with Crippen molar-refractivity contribution in [3.63, 3.8) is 0 Å². The Morgan fingerprint density at radius 3 is 2.72 bits per heavy atom. The Hall–Kier alpha value is -0.750. The van der Waals surface area contributed by atoms with Crippen LogP contribution in [-0.4, -0.2) is 54.3 Å². The number of thiol groups is 1. The van der Waals surface area contributed by atoms with Crippen LogP contribution in [0.3, 0.4) is 0 Å². The SMILES string of the molecule is CCNC(=O)C1COCCN1C(=O)C(S)C(C)C. The topological polar surface area (TPSA) is 58.6 Å². The molecule has 1 saturated heterocycles. The number of carbonyl (C=O) groups excluding carboxylic acids is 2. The number of hydrogen-bond donors (Lipinski definition) is 2. The molecule has 0 aromatic carbocycles. The van der Waals surface area contributed by atoms with Gasteiger partial charge in [-0.2, -0.15) is 12.6 Å². The number of nitrogens with one attached hydrogen (secondary N) is 1. The molecule has 1 fully saturated rings. The van der Waals surface area contributed by atoms with Gasteiger partial charge in [-0.25, -0.2) is 0 Å². The summed E-state index contributed by atoms with van der Waals surface area (Å²) < 4.78 is 5.29. The molecule has 1 aliphatic rings. The van der Waals surface area contributed by atoms with E-state index in [2.05, 4.69) is 17.9 Å². The van der Waals surface area contributed by atoms with Crippen LogP contribution in [0.5, 0.6) is 0 Å². The molecule has 1 heterocycles. The maximum Gasteiger partial charge on any atom is 0.245 e. The molecule has 104 valence electrons. The number of rotatable bonds is 4. The van der Waals surface area contributed by atoms with Crippen LogP contribution < -0.4 is 5.32 Å². The highest BCUT2D eigenvalue weighted by atomic mass is 32.1. The normalized spacial score (nSPS) is 21.8. The van der Waals surface area contributed by atoms with Gasteiger partial charge in [-0.05, 0) is 12.8 Å². The second-order valence-corrected chi connectivity index (χ2v) is 5.26. The van der Waals surface area contributed by atoms with Crippen LogP contribution in [0.2, 0.25) is 0 Å². The van der Waals surface area contributed by atoms with E-state index in [0.717, 1.165) is 0 Å². The molecule has 0 saturated carbocycles. The molecular weight excluding hydrogens is 252 g/mol. The summed E-state index contributed by atoms with van der Waals surface area (Å²) in [4.78, 5) is 25.8. The second kappa shape index (κ2) is 6.99. The Kier molecular flexibility index (Phi) is 5.95. The molecule has 0 aromatic rings. The van der Waals surface area contributed by atoms with Gasteiger partial charge in [0.1, 0.15) is 6.04 Å². The minimum absolute atomic E-state index is 0.0899. The first kappa shape index (κ1) is 15.3. The Bertz CT molecular complexity index is 310. The summed E-state index contributed by atoms with van der Waals surface area (Å²) in [5.41, 5.74) is 0. The van der Waals surface area contributed by atoms with Crippen molar-refractivity contribution < 1.29 is 14.3 Å². The molecule has 0 radical (unpaired) electrons. The minimum atomic E-state index is -0.528. The molecule has 1 rings (SSSR count). The first-order valence-electron chi connectivity index (χ1n) is 6.33. The van der Waals surface area contributed by atoms with Gasteiger partial charge in [0.15, 0.2) is 0 Å². The molecule has 2 unspecified atom stereocenters. The summed E-state index contributed by atoms with van der Waals surface area (Å²) in [5.74, 6) is -0.110. The smallest absolute Gasteiger partial charge is 0.245 e. The van der Waals surface area contributed by atoms with Gasteiger partial charge in [0.25, 0.3) is 0 Å². The molecule has 0 aliphatic carbocycles. The molecule has 18 heavy (non-hydrogen) atoms. The quantitative estimate of drug-likeness (QED) is 0.725. The Morgan fingerprint density at radius 2 is 2.17 bits per heavy atom. The van der Waals surface area contributed by atoms with E-state index in [-0.39, 0.29) is 29.6 Å². The highest BCUT2D eigenvalue weighted by Crippen LogP contribution is 2.16. The number of hydrogen-bond acceptors (Lipinski definition) is 4. The number of amides is 2. The van der Waals surface area contributed by atoms with Crippen LogP contribution in [0.25, 0.3) is 0 Å². The fourth-order valence-electron chi connectivity index (χ4n) is 1.83. The fourth-order valence-corrected chi connectivity index (χ4v) is 1.98. The van der Waals surface area contributed by atoms with E-state index in [9.17, 15) is 9.59 Å². The van der Waals surface area contributed by atoms with Gasteiger partial charge in [-0.15, -0.1) is 0 Å². The largest absolute Gasteiger partial charge is 0.377 e. The van der Waals surface area contributed by atoms with Crippen molar-refractivity contribution in [3.8, 4) is 0 Å². The third kappa shape index (κ3) is 3.62. The summed E-state index contributed by atoms with van der Waals surface area (Å²) in [7, 11) is 0. The van der Waals surface area contributed by atoms with Gasteiger partial charge in [-0.1, -0.05) is 13.8 Å². The van der Waals surface area contributed by atoms with Crippen LogP contribution in [0.4, 0.5) is 0 Å². The zero-order valence-electron chi connectivity index (χ0n) is 11.2. The van der Waals surface area contributed by atoms with Crippen molar-refractivity contribution in [1.82, 2.24) is 10.2 Å². The number of nitrogens with zero attached hydrogens (tertiary/aromatic N) is 1. The Morgan fingerprint density at radius 1 is 1.50 bits per heavy atom. The van der Waals surface area contributed by atoms with Crippen LogP contribution in [0.1, 0.15) is 20.8 Å². The van der Waals surface area contributed by atoms with Crippen molar-refractivity contribution >= 4 is 24.4 Å². The lowest BCUT2D eigenvalue weighted by Crippen LogP contribution is -2.57. The second-order valence-electron chi connectivity index (χ2n) is 4.71. The fraction of sp³-hybridized carbons (Fsp3) is 0.833. The molecule has 0 aromatic heterocycles. The van der Waals surface area contributed by atoms with E-state index in [4.69, 9.17) is 4.74 Å². The molecule has 0 bridgehead atoms. The molecule has 0 spiro atoms. The van der Waals surface area contributed by atoms with Crippen LogP contribution in [-0.2, 0) is 14.3 Å². The van der Waals surface area contributed by atoms with E-state index >= 15 is 0 Å². The van der Waals surface area contributed by atoms with Crippen LogP contribution in [0, 0.1) is 5.92 Å². The average molecular weight is 274 g/mol. The average Bonchev–Trinajstić information content (AvgIpc) is 2.37. The van der Waals surface area contributed by atoms with Gasteiger partial charge in [-0.3, -0.25) is 9.59 Å². The third-order valence-electron chi connectivity index (χ3n) is 2.95. The summed E-state index contributed by atoms with van der Waals surface area (Å²) in [6.07, 6.45) is 0. The van der Waals surface area contributed by atoms with Crippen LogP contribution >= 0.6 is 12.6 Å². The summed E-state index contributed by atoms with van der Waals surface area (Å²) in [6.45, 7) is 7.46. The molecule has 2 atom stereocenters. The highest BCUT2D eigenvalue weighted by molar-refractivity contribution is 7.81. The van der Waals surface area contributed by atoms with E-state index in [1.165, 1.54) is 0 Å². The summed E-state index contributed by atoms with van der Waals surface area (Å²) >= 11 is 4.33. The summed E-state index contributed by atoms with van der Waals surface area (Å²) in [6, 6.07) is -0.528. The maximum atomic E-state index is 12.3. The van der Waals surface area contributed by atoms with Gasteiger partial charge in [0, 0.05) is 13.1 Å². The standard InChI is InChI=1S/C12H22N2O3S/c1-4-13-11(15)9-7-17-6-5-14(9)12(16)10(18)8(2)3/h8-10,18H,4-7H2,1-3H3,(H,13,15). The van der Waals surface area contributed by atoms with Gasteiger partial charge >= 0.3 is 0 Å². The predicted molar refractivity (Wildman–Crippen MR) is 72.6 cm³/mol. The first-order valence-corrected chi connectivity index (χ1v) is 6.84. The molecule has 1 N–H and O–H groups in total. The Labute approximate surface area is 114 Å². The number of likely N-dealkylation sites (N-methyl/N-ethyl adjacent to an activating group) is 1. The van der Waals surface area contributed by atoms with Crippen molar-refractivity contribution in [1.29, 1.82) is 0 Å². The van der Waals surface area contributed by atoms with Gasteiger partial charge < -0.3 is 15.0 Å². The molecule has 5 nitrogen and oxygen atoms in total. The number of carbonyl (C=O) groups is 2. The van der Waals surface area contributed by atoms with E-state index in [0.29, 0.717) is 19.7 Å². The molecular formula is C12H22N2O3S. The van der Waals surface area contributed by atoms with Crippen molar-refractivity contribution in [3.05, 3.63) is 0 Å². The minimum Gasteiger partial charge on any atom is -0.377 e. The van der Waals surface area contributed by atoms with Gasteiger partial charge in [0.2, 0.25) is 11.8 Å². The maximum absolute atomic E-state index is 12.3. The lowest BCUT2D eigenvalue weighted by molar-refractivity contribution is -0.148. The summed E-state index contributed by atoms with van der Waals surface area (Å²) in [5, 5.41) is 2.36. The Balaban J connectivity index is 2.76. The molecule has 2 amide bonds. The van der Waals surface area contributed by atoms with Gasteiger partial charge in [0.05, 0.1) is 18.5 Å². The zero-order valence-corrected chi connectivity index (χ0v) is 12.1. The van der Waals surface area contributed by atoms with Crippen molar-refractivity contribution in [2.24, 2.45) is 5.92 Å². The number of ether oxygens (including phenoxy) is 1. The predicted octanol–water partition coefficient (Wildman–Crippen LogP) is 0.304. The highest BCUT2D eigenvalue weighted by Gasteiger charge is 2.35. The van der Waals surface area contributed by atoms with Crippen molar-refractivity contribution in [2.45, 2.75) is 32.1 Å². The lowest BCUT2D eigenvalue weighted by Gasteiger charge is -2.36. The first-order chi connectivity index (χ1) is 8.49. The number of morpholine rings is 1. The third-order valence-corrected chi connectivity index (χ3v) is 3.77. The van der Waals surface area contributed by atoms with E-state index < -0.39 is 6.04 Å². The van der Waals surface area contributed by atoms with E-state index in [1.807, 2.05) is 20.8 Å². The van der Waals surface area contributed by atoms with Crippen LogP contribution in [0.15, 0.2) is 0 Å².